The Bertz CT molecular complexity index is 473. The van der Waals surface area contributed by atoms with E-state index in [-0.39, 0.29) is 0 Å². The third-order valence-corrected chi connectivity index (χ3v) is 3.31. The average Bonchev–Trinajstić information content (AvgIpc) is 2.38. The van der Waals surface area contributed by atoms with Crippen LogP contribution in [0.1, 0.15) is 12.5 Å². The first-order valence-electron chi connectivity index (χ1n) is 5.55. The normalized spacial score (nSPS) is 10.2. The molecule has 1 heterocycles. The zero-order valence-electron chi connectivity index (χ0n) is 9.68. The Labute approximate surface area is 115 Å². The number of nitrogens with zero attached hydrogens (tertiary/aromatic N) is 3. The number of halogens is 1. The predicted molar refractivity (Wildman–Crippen MR) is 77.9 cm³/mol. The number of rotatable bonds is 4. The Morgan fingerprint density at radius 1 is 1.24 bits per heavy atom. The van der Waals surface area contributed by atoms with Crippen molar-refractivity contribution in [2.24, 2.45) is 0 Å². The van der Waals surface area contributed by atoms with Crippen LogP contribution in [0.25, 0.3) is 0 Å². The molecule has 0 saturated heterocycles. The van der Waals surface area contributed by atoms with Gasteiger partial charge in [-0.05, 0) is 35.1 Å². The lowest BCUT2D eigenvalue weighted by atomic mass is 10.2. The van der Waals surface area contributed by atoms with Crippen LogP contribution in [-0.4, -0.2) is 16.5 Å². The van der Waals surface area contributed by atoms with Crippen molar-refractivity contribution in [3.05, 3.63) is 52.0 Å². The van der Waals surface area contributed by atoms with E-state index >= 15 is 0 Å². The minimum absolute atomic E-state index is 0.879. The minimum atomic E-state index is 0.879. The summed E-state index contributed by atoms with van der Waals surface area (Å²) >= 11 is 2.27. The van der Waals surface area contributed by atoms with Crippen LogP contribution in [0.3, 0.4) is 0 Å². The van der Waals surface area contributed by atoms with Crippen molar-refractivity contribution in [1.29, 1.82) is 0 Å². The zero-order valence-corrected chi connectivity index (χ0v) is 11.8. The van der Waals surface area contributed by atoms with E-state index in [2.05, 4.69) is 68.6 Å². The van der Waals surface area contributed by atoms with Crippen LogP contribution >= 0.6 is 22.6 Å². The molecule has 0 N–H and O–H groups in total. The van der Waals surface area contributed by atoms with Gasteiger partial charge in [0.1, 0.15) is 12.1 Å². The van der Waals surface area contributed by atoms with E-state index < -0.39 is 0 Å². The van der Waals surface area contributed by atoms with Crippen molar-refractivity contribution in [1.82, 2.24) is 9.97 Å². The summed E-state index contributed by atoms with van der Waals surface area (Å²) < 4.78 is 1.09. The topological polar surface area (TPSA) is 29.0 Å². The Balaban J connectivity index is 2.21. The molecule has 0 saturated carbocycles. The zero-order chi connectivity index (χ0) is 12.1. The average molecular weight is 339 g/mol. The molecule has 2 aromatic rings. The number of benzene rings is 1. The smallest absolute Gasteiger partial charge is 0.145 e. The first-order valence-corrected chi connectivity index (χ1v) is 6.63. The van der Waals surface area contributed by atoms with Crippen LogP contribution in [0.5, 0.6) is 0 Å². The highest BCUT2D eigenvalue weighted by molar-refractivity contribution is 14.1. The molecule has 0 radical (unpaired) electrons. The molecule has 0 fully saturated rings. The summed E-state index contributed by atoms with van der Waals surface area (Å²) in [5.74, 6) is 1.01. The van der Waals surface area contributed by atoms with Crippen LogP contribution in [0.15, 0.2) is 42.9 Å². The molecule has 1 aromatic carbocycles. The maximum atomic E-state index is 4.35. The lowest BCUT2D eigenvalue weighted by molar-refractivity contribution is 0.806. The summed E-state index contributed by atoms with van der Waals surface area (Å²) in [4.78, 5) is 10.6. The van der Waals surface area contributed by atoms with Gasteiger partial charge in [-0.25, -0.2) is 9.97 Å². The highest BCUT2D eigenvalue weighted by Gasteiger charge is 2.09. The van der Waals surface area contributed by atoms with Crippen molar-refractivity contribution in [3.63, 3.8) is 0 Å². The van der Waals surface area contributed by atoms with E-state index in [9.17, 15) is 0 Å². The molecule has 0 aliphatic heterocycles. The maximum Gasteiger partial charge on any atom is 0.145 e. The van der Waals surface area contributed by atoms with Gasteiger partial charge in [0.15, 0.2) is 0 Å². The second kappa shape index (κ2) is 5.95. The first kappa shape index (κ1) is 12.3. The highest BCUT2D eigenvalue weighted by Crippen LogP contribution is 2.19. The molecule has 2 rings (SSSR count). The number of anilines is 1. The molecule has 0 aliphatic carbocycles. The van der Waals surface area contributed by atoms with Crippen LogP contribution < -0.4 is 4.90 Å². The molecule has 3 nitrogen and oxygen atoms in total. The molecule has 1 aromatic heterocycles. The Kier molecular flexibility index (Phi) is 4.30. The molecule has 0 bridgehead atoms. The van der Waals surface area contributed by atoms with Crippen LogP contribution in [0, 0.1) is 3.57 Å². The highest BCUT2D eigenvalue weighted by atomic mass is 127. The summed E-state index contributed by atoms with van der Waals surface area (Å²) in [6.07, 6.45) is 3.45. The molecule has 0 spiro atoms. The van der Waals surface area contributed by atoms with Gasteiger partial charge < -0.3 is 4.90 Å². The lowest BCUT2D eigenvalue weighted by Crippen LogP contribution is -2.24. The van der Waals surface area contributed by atoms with E-state index in [1.165, 1.54) is 5.56 Å². The van der Waals surface area contributed by atoms with E-state index in [4.69, 9.17) is 0 Å². The summed E-state index contributed by atoms with van der Waals surface area (Å²) in [6.45, 7) is 3.95. The standard InChI is InChI=1S/C13H14IN3/c1-2-17(9-11-6-4-3-5-7-11)13-12(14)8-15-10-16-13/h3-8,10H,2,9H2,1H3. The number of aromatic nitrogens is 2. The molecule has 0 aliphatic rings. The predicted octanol–water partition coefficient (Wildman–Crippen LogP) is 3.11. The molecule has 4 heteroatoms. The fourth-order valence-electron chi connectivity index (χ4n) is 1.68. The van der Waals surface area contributed by atoms with E-state index in [1.54, 1.807) is 6.33 Å². The summed E-state index contributed by atoms with van der Waals surface area (Å²) in [5, 5.41) is 0. The van der Waals surface area contributed by atoms with Gasteiger partial charge in [0.2, 0.25) is 0 Å². The van der Waals surface area contributed by atoms with Crippen molar-refractivity contribution in [3.8, 4) is 0 Å². The number of hydrogen-bond acceptors (Lipinski definition) is 3. The second-order valence-corrected chi connectivity index (χ2v) is 4.86. The van der Waals surface area contributed by atoms with Crippen molar-refractivity contribution < 1.29 is 0 Å². The quantitative estimate of drug-likeness (QED) is 0.802. The van der Waals surface area contributed by atoms with E-state index in [1.807, 2.05) is 12.3 Å². The van der Waals surface area contributed by atoms with Gasteiger partial charge in [-0.3, -0.25) is 0 Å². The van der Waals surface area contributed by atoms with Crippen molar-refractivity contribution >= 4 is 28.4 Å². The molecule has 17 heavy (non-hydrogen) atoms. The van der Waals surface area contributed by atoms with Gasteiger partial charge in [0.05, 0.1) is 3.57 Å². The summed E-state index contributed by atoms with van der Waals surface area (Å²) in [5.41, 5.74) is 1.30. The van der Waals surface area contributed by atoms with Gasteiger partial charge in [-0.1, -0.05) is 30.3 Å². The van der Waals surface area contributed by atoms with Gasteiger partial charge in [0, 0.05) is 19.3 Å². The molecule has 0 atom stereocenters. The fraction of sp³-hybridized carbons (Fsp3) is 0.231. The minimum Gasteiger partial charge on any atom is -0.352 e. The van der Waals surface area contributed by atoms with Gasteiger partial charge in [-0.15, -0.1) is 0 Å². The number of hydrogen-bond donors (Lipinski definition) is 0. The molecular formula is C13H14IN3. The van der Waals surface area contributed by atoms with Crippen molar-refractivity contribution in [2.75, 3.05) is 11.4 Å². The third-order valence-electron chi connectivity index (χ3n) is 2.55. The monoisotopic (exact) mass is 339 g/mol. The largest absolute Gasteiger partial charge is 0.352 e. The van der Waals surface area contributed by atoms with Crippen LogP contribution in [-0.2, 0) is 6.54 Å². The van der Waals surface area contributed by atoms with Gasteiger partial charge >= 0.3 is 0 Å². The Morgan fingerprint density at radius 2 is 2.00 bits per heavy atom. The Hall–Kier alpha value is -1.17. The SMILES string of the molecule is CCN(Cc1ccccc1)c1ncncc1I. The maximum absolute atomic E-state index is 4.35. The van der Waals surface area contributed by atoms with Crippen LogP contribution in [0.2, 0.25) is 0 Å². The first-order chi connectivity index (χ1) is 8.31. The summed E-state index contributed by atoms with van der Waals surface area (Å²) in [6, 6.07) is 10.4. The molecule has 0 unspecified atom stereocenters. The Morgan fingerprint density at radius 3 is 2.65 bits per heavy atom. The fourth-order valence-corrected chi connectivity index (χ4v) is 2.32. The van der Waals surface area contributed by atoms with E-state index in [0.29, 0.717) is 0 Å². The molecule has 88 valence electrons. The van der Waals surface area contributed by atoms with Gasteiger partial charge in [0.25, 0.3) is 0 Å². The molecular weight excluding hydrogens is 325 g/mol. The van der Waals surface area contributed by atoms with Crippen LogP contribution in [0.4, 0.5) is 5.82 Å². The van der Waals surface area contributed by atoms with E-state index in [0.717, 1.165) is 22.5 Å². The second-order valence-electron chi connectivity index (χ2n) is 3.69. The third kappa shape index (κ3) is 3.15. The lowest BCUT2D eigenvalue weighted by Gasteiger charge is -2.22. The van der Waals surface area contributed by atoms with Gasteiger partial charge in [-0.2, -0.15) is 0 Å². The molecule has 0 amide bonds. The summed E-state index contributed by atoms with van der Waals surface area (Å²) in [7, 11) is 0. The van der Waals surface area contributed by atoms with Crippen molar-refractivity contribution in [2.45, 2.75) is 13.5 Å².